The molecule has 0 aliphatic carbocycles. The summed E-state index contributed by atoms with van der Waals surface area (Å²) in [6, 6.07) is 13.0. The first kappa shape index (κ1) is 17.3. The Hall–Kier alpha value is -3.09. The summed E-state index contributed by atoms with van der Waals surface area (Å²) in [6.07, 6.45) is -1.83. The molecule has 0 bridgehead atoms. The molecule has 1 aromatic heterocycles. The summed E-state index contributed by atoms with van der Waals surface area (Å²) in [7, 11) is 0. The molecule has 4 rings (SSSR count). The molecule has 2 aromatic carbocycles. The van der Waals surface area contributed by atoms with Crippen molar-refractivity contribution in [1.82, 2.24) is 4.98 Å². The second-order valence-corrected chi connectivity index (χ2v) is 6.27. The molecule has 0 atom stereocenters. The number of fused-ring (bicyclic) bond motifs is 2. The van der Waals surface area contributed by atoms with Gasteiger partial charge in [0.2, 0.25) is 0 Å². The maximum Gasteiger partial charge on any atom is 0.573 e. The number of hydrogen-bond acceptors (Lipinski definition) is 3. The Morgan fingerprint density at radius 3 is 2.78 bits per heavy atom. The molecular formula is C20H15F3N2O2. The summed E-state index contributed by atoms with van der Waals surface area (Å²) in [4.78, 5) is 19.1. The predicted octanol–water partition coefficient (Wildman–Crippen LogP) is 4.73. The lowest BCUT2D eigenvalue weighted by molar-refractivity contribution is -0.274. The molecular weight excluding hydrogens is 357 g/mol. The van der Waals surface area contributed by atoms with E-state index in [0.717, 1.165) is 10.9 Å². The van der Waals surface area contributed by atoms with Crippen LogP contribution in [0.1, 0.15) is 22.3 Å². The molecule has 0 fully saturated rings. The zero-order valence-electron chi connectivity index (χ0n) is 14.2. The molecule has 0 spiro atoms. The third-order valence-corrected chi connectivity index (χ3v) is 4.52. The van der Waals surface area contributed by atoms with Crippen molar-refractivity contribution in [2.24, 2.45) is 0 Å². The number of aromatic nitrogens is 1. The van der Waals surface area contributed by atoms with Crippen molar-refractivity contribution in [3.05, 3.63) is 65.9 Å². The van der Waals surface area contributed by atoms with Crippen molar-refractivity contribution in [2.75, 3.05) is 11.4 Å². The van der Waals surface area contributed by atoms with E-state index in [1.54, 1.807) is 29.3 Å². The van der Waals surface area contributed by atoms with Crippen LogP contribution in [0.3, 0.4) is 0 Å². The third kappa shape index (κ3) is 3.45. The molecule has 0 radical (unpaired) electrons. The predicted molar refractivity (Wildman–Crippen MR) is 94.9 cm³/mol. The van der Waals surface area contributed by atoms with E-state index >= 15 is 0 Å². The highest BCUT2D eigenvalue weighted by Crippen LogP contribution is 2.34. The monoisotopic (exact) mass is 372 g/mol. The van der Waals surface area contributed by atoms with Crippen LogP contribution in [-0.4, -0.2) is 23.8 Å². The summed E-state index contributed by atoms with van der Waals surface area (Å²) in [5.41, 5.74) is 2.51. The van der Waals surface area contributed by atoms with Gasteiger partial charge in [0.05, 0.1) is 5.52 Å². The summed E-state index contributed by atoms with van der Waals surface area (Å²) < 4.78 is 41.4. The maximum absolute atomic E-state index is 13.2. The van der Waals surface area contributed by atoms with Crippen LogP contribution in [0.2, 0.25) is 0 Å². The third-order valence-electron chi connectivity index (χ3n) is 4.52. The molecule has 0 unspecified atom stereocenters. The first-order valence-corrected chi connectivity index (χ1v) is 8.47. The van der Waals surface area contributed by atoms with Crippen molar-refractivity contribution in [1.29, 1.82) is 0 Å². The van der Waals surface area contributed by atoms with Crippen LogP contribution >= 0.6 is 0 Å². The van der Waals surface area contributed by atoms with Gasteiger partial charge in [-0.05, 0) is 54.8 Å². The number of rotatable bonds is 2. The number of benzene rings is 2. The fourth-order valence-corrected chi connectivity index (χ4v) is 3.42. The molecule has 0 saturated heterocycles. The van der Waals surface area contributed by atoms with Crippen LogP contribution in [0, 0.1) is 0 Å². The standard InChI is InChI=1S/C20H15F3N2O2/c21-20(22,23)27-14-8-9-18-13(12-14)4-3-11-25(18)19(26)16-5-1-7-17-15(16)6-2-10-24-17/h1-2,5-10,12H,3-4,11H2. The molecule has 1 aliphatic heterocycles. The molecule has 0 N–H and O–H groups in total. The first-order valence-electron chi connectivity index (χ1n) is 8.47. The van der Waals surface area contributed by atoms with Gasteiger partial charge in [0, 0.05) is 29.4 Å². The summed E-state index contributed by atoms with van der Waals surface area (Å²) >= 11 is 0. The summed E-state index contributed by atoms with van der Waals surface area (Å²) in [5.74, 6) is -0.469. The Balaban J connectivity index is 1.71. The maximum atomic E-state index is 13.2. The Morgan fingerprint density at radius 1 is 1.11 bits per heavy atom. The van der Waals surface area contributed by atoms with E-state index in [2.05, 4.69) is 9.72 Å². The van der Waals surface area contributed by atoms with Gasteiger partial charge in [-0.15, -0.1) is 13.2 Å². The zero-order valence-corrected chi connectivity index (χ0v) is 14.2. The van der Waals surface area contributed by atoms with E-state index in [9.17, 15) is 18.0 Å². The highest BCUT2D eigenvalue weighted by Gasteiger charge is 2.32. The molecule has 3 aromatic rings. The summed E-state index contributed by atoms with van der Waals surface area (Å²) in [6.45, 7) is 0.502. The lowest BCUT2D eigenvalue weighted by atomic mass is 9.99. The summed E-state index contributed by atoms with van der Waals surface area (Å²) in [5, 5.41) is 0.745. The van der Waals surface area contributed by atoms with Gasteiger partial charge in [-0.1, -0.05) is 12.1 Å². The number of ether oxygens (including phenoxy) is 1. The molecule has 0 saturated carbocycles. The van der Waals surface area contributed by atoms with Crippen molar-refractivity contribution in [3.8, 4) is 5.75 Å². The van der Waals surface area contributed by atoms with E-state index in [0.29, 0.717) is 36.2 Å². The van der Waals surface area contributed by atoms with Crippen LogP contribution in [0.4, 0.5) is 18.9 Å². The average molecular weight is 372 g/mol. The number of pyridine rings is 1. The number of nitrogens with zero attached hydrogens (tertiary/aromatic N) is 2. The van der Waals surface area contributed by atoms with E-state index in [1.165, 1.54) is 18.2 Å². The lowest BCUT2D eigenvalue weighted by Gasteiger charge is -2.30. The van der Waals surface area contributed by atoms with Crippen LogP contribution in [-0.2, 0) is 6.42 Å². The average Bonchev–Trinajstić information content (AvgIpc) is 2.65. The molecule has 1 aliphatic rings. The van der Waals surface area contributed by atoms with Crippen molar-refractivity contribution >= 4 is 22.5 Å². The molecule has 7 heteroatoms. The molecule has 2 heterocycles. The second-order valence-electron chi connectivity index (χ2n) is 6.27. The molecule has 1 amide bonds. The second kappa shape index (κ2) is 6.57. The lowest BCUT2D eigenvalue weighted by Crippen LogP contribution is -2.35. The van der Waals surface area contributed by atoms with Gasteiger partial charge in [-0.25, -0.2) is 0 Å². The number of alkyl halides is 3. The van der Waals surface area contributed by atoms with Gasteiger partial charge < -0.3 is 9.64 Å². The molecule has 4 nitrogen and oxygen atoms in total. The normalized spacial score (nSPS) is 14.1. The van der Waals surface area contributed by atoms with Gasteiger partial charge >= 0.3 is 6.36 Å². The largest absolute Gasteiger partial charge is 0.573 e. The topological polar surface area (TPSA) is 42.4 Å². The van der Waals surface area contributed by atoms with Gasteiger partial charge in [-0.3, -0.25) is 9.78 Å². The smallest absolute Gasteiger partial charge is 0.406 e. The number of carbonyl (C=O) groups is 1. The van der Waals surface area contributed by atoms with Gasteiger partial charge in [0.1, 0.15) is 5.75 Å². The Morgan fingerprint density at radius 2 is 1.96 bits per heavy atom. The zero-order chi connectivity index (χ0) is 19.0. The minimum atomic E-state index is -4.74. The number of hydrogen-bond donors (Lipinski definition) is 0. The highest BCUT2D eigenvalue weighted by atomic mass is 19.4. The van der Waals surface area contributed by atoms with Crippen LogP contribution in [0.25, 0.3) is 10.9 Å². The van der Waals surface area contributed by atoms with Gasteiger partial charge in [0.25, 0.3) is 5.91 Å². The van der Waals surface area contributed by atoms with Crippen molar-refractivity contribution in [2.45, 2.75) is 19.2 Å². The van der Waals surface area contributed by atoms with E-state index in [4.69, 9.17) is 0 Å². The first-order chi connectivity index (χ1) is 12.9. The number of halogens is 3. The number of aryl methyl sites for hydroxylation is 1. The molecule has 138 valence electrons. The SMILES string of the molecule is O=C(c1cccc2ncccc12)N1CCCc2cc(OC(F)(F)F)ccc21. The molecule has 27 heavy (non-hydrogen) atoms. The van der Waals surface area contributed by atoms with Crippen molar-refractivity contribution in [3.63, 3.8) is 0 Å². The van der Waals surface area contributed by atoms with Crippen LogP contribution in [0.15, 0.2) is 54.7 Å². The van der Waals surface area contributed by atoms with Gasteiger partial charge in [0.15, 0.2) is 0 Å². The number of carbonyl (C=O) groups excluding carboxylic acids is 1. The minimum Gasteiger partial charge on any atom is -0.406 e. The fourth-order valence-electron chi connectivity index (χ4n) is 3.42. The fraction of sp³-hybridized carbons (Fsp3) is 0.200. The van der Waals surface area contributed by atoms with Crippen LogP contribution < -0.4 is 9.64 Å². The minimum absolute atomic E-state index is 0.195. The van der Waals surface area contributed by atoms with E-state index in [-0.39, 0.29) is 11.7 Å². The Kier molecular flexibility index (Phi) is 4.22. The van der Waals surface area contributed by atoms with E-state index in [1.807, 2.05) is 12.1 Å². The van der Waals surface area contributed by atoms with Crippen LogP contribution in [0.5, 0.6) is 5.75 Å². The van der Waals surface area contributed by atoms with E-state index < -0.39 is 6.36 Å². The van der Waals surface area contributed by atoms with Gasteiger partial charge in [-0.2, -0.15) is 0 Å². The van der Waals surface area contributed by atoms with Crippen molar-refractivity contribution < 1.29 is 22.7 Å². The Labute approximate surface area is 153 Å². The quantitative estimate of drug-likeness (QED) is 0.653. The number of anilines is 1. The highest BCUT2D eigenvalue weighted by molar-refractivity contribution is 6.14. The Bertz CT molecular complexity index is 1010. The number of amides is 1.